The summed E-state index contributed by atoms with van der Waals surface area (Å²) in [5, 5.41) is 4.48. The third kappa shape index (κ3) is 5.43. The average molecular weight is 577 g/mol. The zero-order valence-electron chi connectivity index (χ0n) is 18.4. The van der Waals surface area contributed by atoms with Gasteiger partial charge in [-0.25, -0.2) is 4.99 Å². The quantitative estimate of drug-likeness (QED) is 0.247. The van der Waals surface area contributed by atoms with Gasteiger partial charge in [-0.3, -0.25) is 4.79 Å². The molecule has 1 aromatic heterocycles. The number of carbonyl (C=O) groups excluding carboxylic acids is 1. The molecular weight excluding hydrogens is 551 g/mol. The molecule has 3 aromatic rings. The van der Waals surface area contributed by atoms with Crippen LogP contribution in [-0.2, 0) is 12.8 Å². The topological polar surface area (TPSA) is 41.5 Å². The number of anilines is 1. The molecule has 0 fully saturated rings. The molecule has 0 aliphatic heterocycles. The van der Waals surface area contributed by atoms with Crippen molar-refractivity contribution in [2.45, 2.75) is 40.0 Å². The zero-order chi connectivity index (χ0) is 22.9. The van der Waals surface area contributed by atoms with Crippen LogP contribution in [0.4, 0.5) is 10.7 Å². The lowest BCUT2D eigenvalue weighted by Gasteiger charge is -2.33. The van der Waals surface area contributed by atoms with Gasteiger partial charge >= 0.3 is 0 Å². The fraction of sp³-hybridized carbons (Fsp3) is 0.308. The fourth-order valence-electron chi connectivity index (χ4n) is 4.08. The molecule has 1 atom stereocenters. The molecule has 0 spiro atoms. The molecule has 1 aliphatic carbocycles. The first-order valence-corrected chi connectivity index (χ1v) is 13.0. The first-order valence-electron chi connectivity index (χ1n) is 10.7. The fourth-order valence-corrected chi connectivity index (χ4v) is 6.04. The van der Waals surface area contributed by atoms with Crippen molar-refractivity contribution in [3.63, 3.8) is 0 Å². The number of aliphatic imine (C=N–C) groups is 1. The minimum Gasteiger partial charge on any atom is -0.322 e. The maximum atomic E-state index is 13.4. The average Bonchev–Trinajstić information content (AvgIpc) is 3.11. The van der Waals surface area contributed by atoms with Gasteiger partial charge in [-0.15, -0.1) is 11.3 Å². The van der Waals surface area contributed by atoms with E-state index >= 15 is 0 Å². The van der Waals surface area contributed by atoms with Gasteiger partial charge in [-0.2, -0.15) is 0 Å². The van der Waals surface area contributed by atoms with Crippen molar-refractivity contribution in [2.24, 2.45) is 16.3 Å². The van der Waals surface area contributed by atoms with Crippen LogP contribution in [0.25, 0.3) is 0 Å². The van der Waals surface area contributed by atoms with Gasteiger partial charge in [0.25, 0.3) is 5.91 Å². The lowest BCUT2D eigenvalue weighted by atomic mass is 9.72. The number of nitrogens with zero attached hydrogens (tertiary/aromatic N) is 1. The molecule has 6 heteroatoms. The molecule has 0 bridgehead atoms. The normalized spacial score (nSPS) is 16.2. The first-order chi connectivity index (χ1) is 15.2. The molecule has 0 unspecified atom stereocenters. The van der Waals surface area contributed by atoms with Crippen molar-refractivity contribution in [3.8, 4) is 0 Å². The van der Waals surface area contributed by atoms with Crippen LogP contribution >= 0.6 is 45.5 Å². The van der Waals surface area contributed by atoms with Crippen molar-refractivity contribution in [3.05, 3.63) is 78.7 Å². The SMILES string of the molecule is CC(C)(C)[C@@H]1CCc2c(sc(N=Cc3cccc(I)c3)c2C(=O)Nc2ccc(Cl)cc2)C1. The van der Waals surface area contributed by atoms with E-state index in [4.69, 9.17) is 16.6 Å². The predicted octanol–water partition coefficient (Wildman–Crippen LogP) is 8.16. The Balaban J connectivity index is 1.70. The number of carbonyl (C=O) groups is 1. The van der Waals surface area contributed by atoms with Crippen LogP contribution in [0.15, 0.2) is 53.5 Å². The van der Waals surface area contributed by atoms with Crippen LogP contribution in [-0.4, -0.2) is 12.1 Å². The number of nitrogens with one attached hydrogen (secondary N) is 1. The molecule has 1 amide bonds. The van der Waals surface area contributed by atoms with Crippen LogP contribution < -0.4 is 5.32 Å². The Bertz CT molecular complexity index is 1160. The third-order valence-corrected chi connectivity index (χ3v) is 8.07. The lowest BCUT2D eigenvalue weighted by Crippen LogP contribution is -2.27. The summed E-state index contributed by atoms with van der Waals surface area (Å²) in [5.74, 6) is 0.502. The predicted molar refractivity (Wildman–Crippen MR) is 145 cm³/mol. The Morgan fingerprint density at radius 2 is 1.97 bits per heavy atom. The van der Waals surface area contributed by atoms with E-state index in [1.54, 1.807) is 23.5 Å². The van der Waals surface area contributed by atoms with Gasteiger partial charge in [0.05, 0.1) is 5.56 Å². The van der Waals surface area contributed by atoms with Gasteiger partial charge in [-0.1, -0.05) is 44.5 Å². The number of fused-ring (bicyclic) bond motifs is 1. The molecule has 32 heavy (non-hydrogen) atoms. The minimum atomic E-state index is -0.103. The van der Waals surface area contributed by atoms with E-state index in [9.17, 15) is 4.79 Å². The Hall–Kier alpha value is -1.70. The summed E-state index contributed by atoms with van der Waals surface area (Å²) in [7, 11) is 0. The maximum Gasteiger partial charge on any atom is 0.259 e. The highest BCUT2D eigenvalue weighted by Crippen LogP contribution is 2.45. The van der Waals surface area contributed by atoms with Crippen molar-refractivity contribution in [1.29, 1.82) is 0 Å². The monoisotopic (exact) mass is 576 g/mol. The Morgan fingerprint density at radius 3 is 2.66 bits per heavy atom. The molecular formula is C26H26ClIN2OS. The highest BCUT2D eigenvalue weighted by molar-refractivity contribution is 14.1. The molecule has 4 rings (SSSR count). The second kappa shape index (κ2) is 9.65. The number of halogens is 2. The number of hydrogen-bond acceptors (Lipinski definition) is 3. The minimum absolute atomic E-state index is 0.103. The van der Waals surface area contributed by atoms with Crippen LogP contribution in [0.2, 0.25) is 5.02 Å². The van der Waals surface area contributed by atoms with Crippen molar-refractivity contribution >= 4 is 68.3 Å². The van der Waals surface area contributed by atoms with E-state index in [1.807, 2.05) is 30.5 Å². The van der Waals surface area contributed by atoms with E-state index < -0.39 is 0 Å². The van der Waals surface area contributed by atoms with Crippen LogP contribution in [0.3, 0.4) is 0 Å². The summed E-state index contributed by atoms with van der Waals surface area (Å²) in [6.45, 7) is 6.92. The van der Waals surface area contributed by atoms with E-state index in [0.717, 1.165) is 44.6 Å². The van der Waals surface area contributed by atoms with Crippen molar-refractivity contribution in [1.82, 2.24) is 0 Å². The Kier molecular flexibility index (Phi) is 7.08. The number of rotatable bonds is 4. The van der Waals surface area contributed by atoms with Gasteiger partial charge in [0.15, 0.2) is 0 Å². The standard InChI is InChI=1S/C26H26ClIN2OS/c1-26(2,3)17-7-12-21-22(14-17)32-25(29-15-16-5-4-6-19(28)13-16)23(21)24(31)30-20-10-8-18(27)9-11-20/h4-6,8-11,13,15,17H,7,12,14H2,1-3H3,(H,30,31)/t17-/m1/s1. The Morgan fingerprint density at radius 1 is 1.22 bits per heavy atom. The molecule has 0 saturated heterocycles. The van der Waals surface area contributed by atoms with Gasteiger partial charge in [0.2, 0.25) is 0 Å². The largest absolute Gasteiger partial charge is 0.322 e. The van der Waals surface area contributed by atoms with E-state index in [2.05, 4.69) is 60.8 Å². The number of thiophene rings is 1. The zero-order valence-corrected chi connectivity index (χ0v) is 22.1. The highest BCUT2D eigenvalue weighted by Gasteiger charge is 2.33. The summed E-state index contributed by atoms with van der Waals surface area (Å²) in [4.78, 5) is 19.5. The first kappa shape index (κ1) is 23.5. The van der Waals surface area contributed by atoms with Crippen LogP contribution in [0.5, 0.6) is 0 Å². The lowest BCUT2D eigenvalue weighted by molar-refractivity contribution is 0.102. The molecule has 0 radical (unpaired) electrons. The number of benzene rings is 2. The van der Waals surface area contributed by atoms with Crippen LogP contribution in [0.1, 0.15) is 53.6 Å². The summed E-state index contributed by atoms with van der Waals surface area (Å²) in [6.07, 6.45) is 4.87. The molecule has 3 nitrogen and oxygen atoms in total. The highest BCUT2D eigenvalue weighted by atomic mass is 127. The summed E-state index contributed by atoms with van der Waals surface area (Å²) < 4.78 is 1.16. The molecule has 1 aliphatic rings. The summed E-state index contributed by atoms with van der Waals surface area (Å²) in [6, 6.07) is 15.4. The number of amides is 1. The third-order valence-electron chi connectivity index (χ3n) is 5.98. The molecule has 1 heterocycles. The van der Waals surface area contributed by atoms with Crippen molar-refractivity contribution < 1.29 is 4.79 Å². The van der Waals surface area contributed by atoms with Gasteiger partial charge < -0.3 is 5.32 Å². The van der Waals surface area contributed by atoms with Gasteiger partial charge in [0.1, 0.15) is 5.00 Å². The molecule has 1 N–H and O–H groups in total. The smallest absolute Gasteiger partial charge is 0.259 e. The second-order valence-corrected chi connectivity index (χ2v) is 12.0. The van der Waals surface area contributed by atoms with E-state index in [0.29, 0.717) is 16.5 Å². The summed E-state index contributed by atoms with van der Waals surface area (Å²) >= 11 is 9.96. The second-order valence-electron chi connectivity index (χ2n) is 9.26. The van der Waals surface area contributed by atoms with Gasteiger partial charge in [0, 0.05) is 25.4 Å². The van der Waals surface area contributed by atoms with E-state index in [-0.39, 0.29) is 11.3 Å². The van der Waals surface area contributed by atoms with E-state index in [1.165, 1.54) is 4.88 Å². The van der Waals surface area contributed by atoms with Crippen molar-refractivity contribution in [2.75, 3.05) is 5.32 Å². The Labute approximate surface area is 212 Å². The molecule has 0 saturated carbocycles. The summed E-state index contributed by atoms with van der Waals surface area (Å²) in [5.41, 5.74) is 3.89. The van der Waals surface area contributed by atoms with Gasteiger partial charge in [-0.05, 0) is 101 Å². The maximum absolute atomic E-state index is 13.4. The molecule has 166 valence electrons. The van der Waals surface area contributed by atoms with Crippen LogP contribution in [0, 0.1) is 14.9 Å². The molecule has 2 aromatic carbocycles. The number of hydrogen-bond donors (Lipinski definition) is 1.